The summed E-state index contributed by atoms with van der Waals surface area (Å²) in [5.74, 6) is -1.23. The Morgan fingerprint density at radius 3 is 2.76 bits per heavy atom. The van der Waals surface area contributed by atoms with Crippen molar-refractivity contribution in [3.8, 4) is 0 Å². The van der Waals surface area contributed by atoms with Gasteiger partial charge in [0.2, 0.25) is 5.43 Å². The Hall–Kier alpha value is -1.77. The van der Waals surface area contributed by atoms with Gasteiger partial charge in [0.25, 0.3) is 0 Å². The van der Waals surface area contributed by atoms with Gasteiger partial charge in [-0.05, 0) is 40.4 Å². The zero-order valence-corrected chi connectivity index (χ0v) is 18.4. The normalized spacial score (nSPS) is 20.9. The Bertz CT molecular complexity index is 1070. The fraction of sp³-hybridized carbons (Fsp3) is 0.500. The van der Waals surface area contributed by atoms with Crippen molar-refractivity contribution in [1.82, 2.24) is 9.47 Å². The van der Waals surface area contributed by atoms with Crippen LogP contribution in [-0.2, 0) is 4.74 Å². The maximum atomic E-state index is 15.2. The van der Waals surface area contributed by atoms with E-state index in [1.54, 1.807) is 6.92 Å². The molecule has 0 bridgehead atoms. The summed E-state index contributed by atoms with van der Waals surface area (Å²) < 4.78 is 22.1. The van der Waals surface area contributed by atoms with Gasteiger partial charge in [0.1, 0.15) is 11.4 Å². The first-order valence-corrected chi connectivity index (χ1v) is 10.9. The molecule has 0 amide bonds. The third kappa shape index (κ3) is 3.12. The predicted molar refractivity (Wildman–Crippen MR) is 114 cm³/mol. The number of hydrogen-bond donors (Lipinski definition) is 0. The lowest BCUT2D eigenvalue weighted by molar-refractivity contribution is 0.0518. The van der Waals surface area contributed by atoms with E-state index >= 15 is 4.39 Å². The molecule has 0 saturated carbocycles. The number of anilines is 1. The molecule has 2 unspecified atom stereocenters. The van der Waals surface area contributed by atoms with Crippen LogP contribution in [0, 0.1) is 5.82 Å². The van der Waals surface area contributed by atoms with Crippen molar-refractivity contribution in [1.29, 1.82) is 0 Å². The standard InChI is InChI=1S/C20H23ClFN3O3S/c1-5-28-20(27)14-18(26)12-8-13(22)17(24-7-6-11(9-24)23(3)4)15(21)16(12)25-10(2)29-19(14)25/h8,10-11H,5-7,9H2,1-4H3. The van der Waals surface area contributed by atoms with E-state index in [1.807, 2.05) is 30.5 Å². The second kappa shape index (κ2) is 7.49. The Labute approximate surface area is 177 Å². The largest absolute Gasteiger partial charge is 0.462 e. The lowest BCUT2D eigenvalue weighted by Crippen LogP contribution is -2.32. The van der Waals surface area contributed by atoms with E-state index in [4.69, 9.17) is 16.3 Å². The Morgan fingerprint density at radius 2 is 2.17 bits per heavy atom. The monoisotopic (exact) mass is 439 g/mol. The maximum Gasteiger partial charge on any atom is 0.344 e. The van der Waals surface area contributed by atoms with Crippen molar-refractivity contribution in [3.63, 3.8) is 0 Å². The third-order valence-electron chi connectivity index (χ3n) is 5.65. The smallest absolute Gasteiger partial charge is 0.344 e. The first-order chi connectivity index (χ1) is 13.8. The van der Waals surface area contributed by atoms with Crippen molar-refractivity contribution < 1.29 is 13.9 Å². The number of thioether (sulfide) groups is 1. The highest BCUT2D eigenvalue weighted by molar-refractivity contribution is 8.00. The van der Waals surface area contributed by atoms with Crippen molar-refractivity contribution in [2.75, 3.05) is 38.7 Å². The van der Waals surface area contributed by atoms with Gasteiger partial charge in [0, 0.05) is 19.1 Å². The molecule has 0 N–H and O–H groups in total. The van der Waals surface area contributed by atoms with Gasteiger partial charge >= 0.3 is 5.97 Å². The fourth-order valence-corrected chi connectivity index (χ4v) is 5.67. The van der Waals surface area contributed by atoms with Crippen LogP contribution in [0.4, 0.5) is 10.1 Å². The third-order valence-corrected chi connectivity index (χ3v) is 7.18. The second-order valence-electron chi connectivity index (χ2n) is 7.59. The van der Waals surface area contributed by atoms with E-state index in [0.717, 1.165) is 6.42 Å². The van der Waals surface area contributed by atoms with Crippen LogP contribution in [0.3, 0.4) is 0 Å². The summed E-state index contributed by atoms with van der Waals surface area (Å²) in [6.45, 7) is 5.14. The van der Waals surface area contributed by atoms with Gasteiger partial charge in [-0.15, -0.1) is 0 Å². The number of esters is 1. The number of pyridine rings is 1. The van der Waals surface area contributed by atoms with E-state index in [9.17, 15) is 9.59 Å². The molecule has 0 radical (unpaired) electrons. The van der Waals surface area contributed by atoms with Gasteiger partial charge in [0.05, 0.1) is 38.6 Å². The number of nitrogens with zero attached hydrogens (tertiary/aromatic N) is 3. The number of hydrogen-bond acceptors (Lipinski definition) is 6. The molecule has 1 aromatic carbocycles. The highest BCUT2D eigenvalue weighted by Crippen LogP contribution is 2.49. The fourth-order valence-electron chi connectivity index (χ4n) is 4.13. The van der Waals surface area contributed by atoms with Gasteiger partial charge in [0.15, 0.2) is 0 Å². The molecule has 6 nitrogen and oxygen atoms in total. The number of fused-ring (bicyclic) bond motifs is 3. The minimum Gasteiger partial charge on any atom is -0.462 e. The number of likely N-dealkylation sites (N-methyl/N-ethyl adjacent to an activating group) is 1. The van der Waals surface area contributed by atoms with Crippen LogP contribution in [0.25, 0.3) is 10.9 Å². The predicted octanol–water partition coefficient (Wildman–Crippen LogP) is 3.74. The summed E-state index contributed by atoms with van der Waals surface area (Å²) in [7, 11) is 4.01. The molecule has 156 valence electrons. The molecule has 2 aromatic rings. The maximum absolute atomic E-state index is 15.2. The molecule has 0 aliphatic carbocycles. The van der Waals surface area contributed by atoms with Gasteiger partial charge < -0.3 is 19.1 Å². The molecular formula is C20H23ClFN3O3S. The number of carbonyl (C=O) groups excluding carboxylic acids is 1. The number of benzene rings is 1. The Morgan fingerprint density at radius 1 is 1.45 bits per heavy atom. The van der Waals surface area contributed by atoms with Crippen LogP contribution < -0.4 is 10.3 Å². The zero-order chi connectivity index (χ0) is 21.0. The van der Waals surface area contributed by atoms with Crippen LogP contribution in [0.15, 0.2) is 15.9 Å². The van der Waals surface area contributed by atoms with Crippen LogP contribution >= 0.6 is 23.4 Å². The number of carbonyl (C=O) groups is 1. The molecule has 4 rings (SSSR count). The first kappa shape index (κ1) is 20.5. The van der Waals surface area contributed by atoms with Crippen LogP contribution in [0.2, 0.25) is 5.02 Å². The number of rotatable bonds is 4. The highest BCUT2D eigenvalue weighted by Gasteiger charge is 2.36. The number of aromatic nitrogens is 1. The van der Waals surface area contributed by atoms with E-state index in [2.05, 4.69) is 4.90 Å². The van der Waals surface area contributed by atoms with Crippen LogP contribution in [0.1, 0.15) is 36.0 Å². The van der Waals surface area contributed by atoms with Crippen molar-refractivity contribution in [2.45, 2.75) is 36.7 Å². The molecule has 1 fully saturated rings. The van der Waals surface area contributed by atoms with Crippen molar-refractivity contribution >= 4 is 45.9 Å². The Kier molecular flexibility index (Phi) is 5.29. The summed E-state index contributed by atoms with van der Waals surface area (Å²) in [5, 5.41) is 0.838. The second-order valence-corrected chi connectivity index (χ2v) is 9.27. The summed E-state index contributed by atoms with van der Waals surface area (Å²) >= 11 is 8.12. The summed E-state index contributed by atoms with van der Waals surface area (Å²) in [6, 6.07) is 1.53. The first-order valence-electron chi connectivity index (χ1n) is 9.61. The number of ether oxygens (including phenoxy) is 1. The zero-order valence-electron chi connectivity index (χ0n) is 16.8. The molecule has 2 atom stereocenters. The van der Waals surface area contributed by atoms with Crippen molar-refractivity contribution in [2.24, 2.45) is 0 Å². The molecule has 9 heteroatoms. The lowest BCUT2D eigenvalue weighted by atomic mass is 10.1. The van der Waals surface area contributed by atoms with Crippen LogP contribution in [-0.4, -0.2) is 55.3 Å². The quantitative estimate of drug-likeness (QED) is 0.676. The average molecular weight is 440 g/mol. The van der Waals surface area contributed by atoms with E-state index < -0.39 is 17.2 Å². The molecule has 3 heterocycles. The summed E-state index contributed by atoms with van der Waals surface area (Å²) in [4.78, 5) is 29.5. The molecule has 2 aliphatic rings. The molecule has 29 heavy (non-hydrogen) atoms. The Balaban J connectivity index is 1.93. The van der Waals surface area contributed by atoms with Gasteiger partial charge in [-0.3, -0.25) is 4.79 Å². The van der Waals surface area contributed by atoms with Crippen molar-refractivity contribution in [3.05, 3.63) is 32.7 Å². The molecule has 0 spiro atoms. The molecule has 2 aliphatic heterocycles. The SMILES string of the molecule is CCOC(=O)c1c2n(c3c(Cl)c(N4CCC(N(C)C)C4)c(F)cc3c1=O)C(C)S2. The topological polar surface area (TPSA) is 54.8 Å². The lowest BCUT2D eigenvalue weighted by Gasteiger charge is -2.34. The van der Waals surface area contributed by atoms with E-state index in [0.29, 0.717) is 35.4 Å². The molecule has 1 aromatic heterocycles. The van der Waals surface area contributed by atoms with E-state index in [-0.39, 0.29) is 28.0 Å². The van der Waals surface area contributed by atoms with Gasteiger partial charge in [-0.1, -0.05) is 23.4 Å². The molecular weight excluding hydrogens is 417 g/mol. The summed E-state index contributed by atoms with van der Waals surface area (Å²) in [6.07, 6.45) is 0.910. The minimum atomic E-state index is -0.684. The van der Waals surface area contributed by atoms with Crippen LogP contribution in [0.5, 0.6) is 0 Å². The molecule has 1 saturated heterocycles. The van der Waals surface area contributed by atoms with Gasteiger partial charge in [-0.2, -0.15) is 0 Å². The van der Waals surface area contributed by atoms with Gasteiger partial charge in [-0.25, -0.2) is 9.18 Å². The summed E-state index contributed by atoms with van der Waals surface area (Å²) in [5.41, 5.74) is 0.227. The highest BCUT2D eigenvalue weighted by atomic mass is 35.5. The number of halogens is 2. The minimum absolute atomic E-state index is 0.0230. The average Bonchev–Trinajstić information content (AvgIpc) is 3.12. The van der Waals surface area contributed by atoms with E-state index in [1.165, 1.54) is 17.8 Å².